The second-order valence-corrected chi connectivity index (χ2v) is 8.17. The first-order valence-corrected chi connectivity index (χ1v) is 10.6. The number of rotatable bonds is 6. The maximum atomic E-state index is 12.8. The van der Waals surface area contributed by atoms with Crippen LogP contribution in [-0.2, 0) is 17.8 Å². The summed E-state index contributed by atoms with van der Waals surface area (Å²) < 4.78 is 3.44. The maximum absolute atomic E-state index is 12.8. The van der Waals surface area contributed by atoms with Crippen molar-refractivity contribution < 1.29 is 4.79 Å². The zero-order valence-corrected chi connectivity index (χ0v) is 19.2. The zero-order chi connectivity index (χ0) is 22.8. The highest BCUT2D eigenvalue weighted by Crippen LogP contribution is 2.19. The lowest BCUT2D eigenvalue weighted by atomic mass is 10.1. The van der Waals surface area contributed by atoms with Gasteiger partial charge in [-0.15, -0.1) is 0 Å². The van der Waals surface area contributed by atoms with E-state index >= 15 is 0 Å². The highest BCUT2D eigenvalue weighted by molar-refractivity contribution is 6.30. The Balaban J connectivity index is 1.50. The largest absolute Gasteiger partial charge is 0.311 e. The summed E-state index contributed by atoms with van der Waals surface area (Å²) in [5, 5.41) is 12.5. The minimum Gasteiger partial charge on any atom is -0.311 e. The molecule has 0 aliphatic carbocycles. The fraction of sp³-hybridized carbons (Fsp3) is 0.261. The molecule has 0 aliphatic heterocycles. The van der Waals surface area contributed by atoms with Crippen LogP contribution in [0.2, 0.25) is 5.02 Å². The molecule has 8 nitrogen and oxygen atoms in total. The van der Waals surface area contributed by atoms with Crippen LogP contribution in [0.1, 0.15) is 33.9 Å². The highest BCUT2D eigenvalue weighted by atomic mass is 35.5. The second kappa shape index (κ2) is 8.92. The Kier molecular flexibility index (Phi) is 6.05. The number of aromatic nitrogens is 6. The van der Waals surface area contributed by atoms with Crippen LogP contribution in [0.15, 0.2) is 42.6 Å². The molecule has 32 heavy (non-hydrogen) atoms. The minimum atomic E-state index is -0.144. The van der Waals surface area contributed by atoms with Crippen molar-refractivity contribution in [3.05, 3.63) is 81.5 Å². The summed E-state index contributed by atoms with van der Waals surface area (Å²) in [6, 6.07) is 11.2. The smallest absolute Gasteiger partial charge is 0.251 e. The van der Waals surface area contributed by atoms with Crippen molar-refractivity contribution in [1.29, 1.82) is 0 Å². The van der Waals surface area contributed by atoms with Gasteiger partial charge in [0, 0.05) is 33.7 Å². The fourth-order valence-corrected chi connectivity index (χ4v) is 3.73. The van der Waals surface area contributed by atoms with Crippen LogP contribution >= 0.6 is 11.6 Å². The van der Waals surface area contributed by atoms with E-state index in [-0.39, 0.29) is 12.3 Å². The van der Waals surface area contributed by atoms with E-state index in [0.29, 0.717) is 23.3 Å². The summed E-state index contributed by atoms with van der Waals surface area (Å²) in [6.07, 6.45) is 1.85. The molecule has 0 unspecified atom stereocenters. The van der Waals surface area contributed by atoms with Gasteiger partial charge in [-0.3, -0.25) is 4.79 Å². The second-order valence-electron chi connectivity index (χ2n) is 7.74. The third-order valence-corrected chi connectivity index (χ3v) is 5.42. The maximum Gasteiger partial charge on any atom is 0.251 e. The van der Waals surface area contributed by atoms with Crippen LogP contribution in [0, 0.1) is 27.7 Å². The topological polar surface area (TPSA) is 90.5 Å². The molecular weight excluding hydrogens is 426 g/mol. The van der Waals surface area contributed by atoms with E-state index in [1.54, 1.807) is 21.6 Å². The number of nitrogens with one attached hydrogen (secondary N) is 1. The lowest BCUT2D eigenvalue weighted by Crippen LogP contribution is -2.18. The highest BCUT2D eigenvalue weighted by Gasteiger charge is 2.18. The average molecular weight is 450 g/mol. The van der Waals surface area contributed by atoms with Crippen molar-refractivity contribution in [1.82, 2.24) is 29.5 Å². The summed E-state index contributed by atoms with van der Waals surface area (Å²) in [7, 11) is 0. The molecule has 0 saturated heterocycles. The van der Waals surface area contributed by atoms with E-state index in [4.69, 9.17) is 11.6 Å². The van der Waals surface area contributed by atoms with Crippen molar-refractivity contribution in [3.8, 4) is 5.95 Å². The number of amides is 1. The Hall–Kier alpha value is -3.52. The van der Waals surface area contributed by atoms with Crippen molar-refractivity contribution in [2.45, 2.75) is 40.7 Å². The van der Waals surface area contributed by atoms with Gasteiger partial charge in [0.2, 0.25) is 5.91 Å². The van der Waals surface area contributed by atoms with Gasteiger partial charge in [-0.2, -0.15) is 10.2 Å². The van der Waals surface area contributed by atoms with Gasteiger partial charge in [0.1, 0.15) is 5.82 Å². The van der Waals surface area contributed by atoms with Gasteiger partial charge in [-0.1, -0.05) is 23.7 Å². The standard InChI is InChI=1S/C23H24ClN7O/c1-14-11-15(2)27-23(26-14)31-17(4)20(16(3)29-31)12-22(32)28-21-9-10-25-30(21)13-18-5-7-19(24)8-6-18/h5-11H,12-13H2,1-4H3,(H,28,32). The first kappa shape index (κ1) is 21.7. The predicted molar refractivity (Wildman–Crippen MR) is 123 cm³/mol. The monoisotopic (exact) mass is 449 g/mol. The first-order valence-electron chi connectivity index (χ1n) is 10.2. The molecule has 9 heteroatoms. The van der Waals surface area contributed by atoms with Gasteiger partial charge in [0.05, 0.1) is 24.9 Å². The number of benzene rings is 1. The SMILES string of the molecule is Cc1cc(C)nc(-n2nc(C)c(CC(=O)Nc3ccnn3Cc3ccc(Cl)cc3)c2C)n1. The summed E-state index contributed by atoms with van der Waals surface area (Å²) in [6.45, 7) is 8.19. The van der Waals surface area contributed by atoms with Crippen LogP contribution in [0.25, 0.3) is 5.95 Å². The van der Waals surface area contributed by atoms with Crippen LogP contribution in [0.5, 0.6) is 0 Å². The van der Waals surface area contributed by atoms with Crippen LogP contribution in [-0.4, -0.2) is 35.4 Å². The van der Waals surface area contributed by atoms with Crippen LogP contribution < -0.4 is 5.32 Å². The van der Waals surface area contributed by atoms with E-state index < -0.39 is 0 Å². The zero-order valence-electron chi connectivity index (χ0n) is 18.4. The van der Waals surface area contributed by atoms with E-state index in [1.807, 2.05) is 58.0 Å². The molecule has 0 spiro atoms. The third kappa shape index (κ3) is 4.70. The molecule has 0 saturated carbocycles. The van der Waals surface area contributed by atoms with Gasteiger partial charge >= 0.3 is 0 Å². The summed E-state index contributed by atoms with van der Waals surface area (Å²) in [5.74, 6) is 0.996. The Morgan fingerprint density at radius 1 is 1.03 bits per heavy atom. The molecule has 1 aromatic carbocycles. The van der Waals surface area contributed by atoms with Gasteiger partial charge in [-0.25, -0.2) is 19.3 Å². The fourth-order valence-electron chi connectivity index (χ4n) is 3.60. The number of carbonyl (C=O) groups excluding carboxylic acids is 1. The normalized spacial score (nSPS) is 11.0. The number of hydrogen-bond donors (Lipinski definition) is 1. The minimum absolute atomic E-state index is 0.144. The van der Waals surface area contributed by atoms with Crippen molar-refractivity contribution in [2.24, 2.45) is 0 Å². The number of carbonyl (C=O) groups is 1. The Morgan fingerprint density at radius 3 is 2.41 bits per heavy atom. The molecule has 0 radical (unpaired) electrons. The Bertz CT molecular complexity index is 1250. The van der Waals surface area contributed by atoms with Gasteiger partial charge in [-0.05, 0) is 51.5 Å². The van der Waals surface area contributed by atoms with E-state index in [1.165, 1.54) is 0 Å². The Labute approximate surface area is 191 Å². The lowest BCUT2D eigenvalue weighted by molar-refractivity contribution is -0.115. The quantitative estimate of drug-likeness (QED) is 0.481. The molecule has 1 amide bonds. The number of hydrogen-bond acceptors (Lipinski definition) is 5. The molecule has 0 fully saturated rings. The van der Waals surface area contributed by atoms with E-state index in [2.05, 4.69) is 25.5 Å². The molecular formula is C23H24ClN7O. The summed E-state index contributed by atoms with van der Waals surface area (Å²) in [5.41, 5.74) is 5.25. The molecule has 164 valence electrons. The molecule has 4 rings (SSSR count). The number of nitrogens with zero attached hydrogens (tertiary/aromatic N) is 6. The van der Waals surface area contributed by atoms with Gasteiger partial charge in [0.15, 0.2) is 0 Å². The average Bonchev–Trinajstić information content (AvgIpc) is 3.28. The summed E-state index contributed by atoms with van der Waals surface area (Å²) in [4.78, 5) is 21.8. The van der Waals surface area contributed by atoms with Crippen LogP contribution in [0.3, 0.4) is 0 Å². The molecule has 4 aromatic rings. The number of aryl methyl sites for hydroxylation is 3. The molecule has 3 heterocycles. The van der Waals surface area contributed by atoms with E-state index in [9.17, 15) is 4.79 Å². The first-order chi connectivity index (χ1) is 15.3. The molecule has 0 aliphatic rings. The van der Waals surface area contributed by atoms with Gasteiger partial charge in [0.25, 0.3) is 5.95 Å². The Morgan fingerprint density at radius 2 is 1.72 bits per heavy atom. The molecule has 0 bridgehead atoms. The van der Waals surface area contributed by atoms with Gasteiger partial charge < -0.3 is 5.32 Å². The number of halogens is 1. The van der Waals surface area contributed by atoms with E-state index in [0.717, 1.165) is 33.9 Å². The van der Waals surface area contributed by atoms with Crippen molar-refractivity contribution in [3.63, 3.8) is 0 Å². The third-order valence-electron chi connectivity index (χ3n) is 5.17. The van der Waals surface area contributed by atoms with Crippen molar-refractivity contribution >= 4 is 23.3 Å². The predicted octanol–water partition coefficient (Wildman–Crippen LogP) is 3.98. The summed E-state index contributed by atoms with van der Waals surface area (Å²) >= 11 is 5.96. The van der Waals surface area contributed by atoms with Crippen molar-refractivity contribution in [2.75, 3.05) is 5.32 Å². The lowest BCUT2D eigenvalue weighted by Gasteiger charge is -2.10. The molecule has 1 N–H and O–H groups in total. The number of anilines is 1. The molecule has 3 aromatic heterocycles. The molecule has 0 atom stereocenters. The van der Waals surface area contributed by atoms with Crippen LogP contribution in [0.4, 0.5) is 5.82 Å².